The van der Waals surface area contributed by atoms with Gasteiger partial charge in [0.05, 0.1) is 5.75 Å². The Morgan fingerprint density at radius 3 is 2.63 bits per heavy atom. The maximum Gasteiger partial charge on any atom is 0.234 e. The molecule has 0 saturated carbocycles. The fourth-order valence-electron chi connectivity index (χ4n) is 1.55. The lowest BCUT2D eigenvalue weighted by molar-refractivity contribution is -0.113. The van der Waals surface area contributed by atoms with E-state index in [0.29, 0.717) is 11.4 Å². The highest BCUT2D eigenvalue weighted by Crippen LogP contribution is 2.18. The van der Waals surface area contributed by atoms with Crippen molar-refractivity contribution in [1.82, 2.24) is 0 Å². The van der Waals surface area contributed by atoms with Gasteiger partial charge >= 0.3 is 0 Å². The second-order valence-electron chi connectivity index (χ2n) is 4.16. The zero-order chi connectivity index (χ0) is 13.7. The molecule has 0 fully saturated rings. The van der Waals surface area contributed by atoms with E-state index in [-0.39, 0.29) is 11.7 Å². The Hall–Kier alpha value is -1.81. The summed E-state index contributed by atoms with van der Waals surface area (Å²) in [4.78, 5) is 12.8. The van der Waals surface area contributed by atoms with Crippen LogP contribution >= 0.6 is 11.8 Å². The first-order valence-electron chi connectivity index (χ1n) is 5.88. The number of thioether (sulfide) groups is 1. The molecular weight excluding hydrogens is 261 g/mol. The van der Waals surface area contributed by atoms with Gasteiger partial charge in [0.1, 0.15) is 5.82 Å². The lowest BCUT2D eigenvalue weighted by Gasteiger charge is -2.05. The van der Waals surface area contributed by atoms with Crippen LogP contribution in [-0.2, 0) is 4.79 Å². The Morgan fingerprint density at radius 1 is 1.21 bits per heavy atom. The molecule has 0 aromatic heterocycles. The van der Waals surface area contributed by atoms with Gasteiger partial charge in [0, 0.05) is 10.6 Å². The van der Waals surface area contributed by atoms with Gasteiger partial charge in [-0.1, -0.05) is 23.8 Å². The smallest absolute Gasteiger partial charge is 0.234 e. The van der Waals surface area contributed by atoms with Gasteiger partial charge in [-0.15, -0.1) is 11.8 Å². The van der Waals surface area contributed by atoms with Crippen LogP contribution in [0.5, 0.6) is 0 Å². The van der Waals surface area contributed by atoms with Gasteiger partial charge in [-0.2, -0.15) is 0 Å². The molecule has 0 atom stereocenters. The molecule has 0 spiro atoms. The lowest BCUT2D eigenvalue weighted by atomic mass is 10.2. The Labute approximate surface area is 116 Å². The first kappa shape index (κ1) is 13.6. The SMILES string of the molecule is Cc1ccc(SCC(=O)Nc2cccc(F)c2)cc1. The molecule has 0 bridgehead atoms. The highest BCUT2D eigenvalue weighted by Gasteiger charge is 2.04. The minimum atomic E-state index is -0.357. The molecule has 0 aliphatic rings. The number of hydrogen-bond acceptors (Lipinski definition) is 2. The predicted molar refractivity (Wildman–Crippen MR) is 76.9 cm³/mol. The van der Waals surface area contributed by atoms with Gasteiger partial charge in [0.15, 0.2) is 0 Å². The molecule has 4 heteroatoms. The minimum absolute atomic E-state index is 0.142. The van der Waals surface area contributed by atoms with Crippen molar-refractivity contribution in [2.45, 2.75) is 11.8 Å². The van der Waals surface area contributed by atoms with E-state index in [0.717, 1.165) is 4.90 Å². The van der Waals surface area contributed by atoms with Gasteiger partial charge in [0.25, 0.3) is 0 Å². The molecule has 1 N–H and O–H groups in total. The number of anilines is 1. The van der Waals surface area contributed by atoms with Crippen LogP contribution in [-0.4, -0.2) is 11.7 Å². The number of halogens is 1. The topological polar surface area (TPSA) is 29.1 Å². The summed E-state index contributed by atoms with van der Waals surface area (Å²) in [5.74, 6) is -0.195. The summed E-state index contributed by atoms with van der Waals surface area (Å²) in [5, 5.41) is 2.66. The van der Waals surface area contributed by atoms with Crippen molar-refractivity contribution in [3.05, 3.63) is 59.9 Å². The van der Waals surface area contributed by atoms with Crippen molar-refractivity contribution in [3.8, 4) is 0 Å². The van der Waals surface area contributed by atoms with E-state index in [9.17, 15) is 9.18 Å². The third-order valence-electron chi connectivity index (χ3n) is 2.50. The molecular formula is C15H14FNOS. The van der Waals surface area contributed by atoms with Crippen LogP contribution in [0.4, 0.5) is 10.1 Å². The Balaban J connectivity index is 1.86. The highest BCUT2D eigenvalue weighted by molar-refractivity contribution is 8.00. The van der Waals surface area contributed by atoms with E-state index in [1.807, 2.05) is 31.2 Å². The van der Waals surface area contributed by atoms with Crippen LogP contribution < -0.4 is 5.32 Å². The van der Waals surface area contributed by atoms with Gasteiger partial charge in [-0.3, -0.25) is 4.79 Å². The summed E-state index contributed by atoms with van der Waals surface area (Å²) in [7, 11) is 0. The standard InChI is InChI=1S/C15H14FNOS/c1-11-5-7-14(8-6-11)19-10-15(18)17-13-4-2-3-12(16)9-13/h2-9H,10H2,1H3,(H,17,18). The van der Waals surface area contributed by atoms with Crippen LogP contribution in [0.3, 0.4) is 0 Å². The summed E-state index contributed by atoms with van der Waals surface area (Å²) in [5.41, 5.74) is 1.67. The molecule has 0 unspecified atom stereocenters. The van der Waals surface area contributed by atoms with Crippen LogP contribution in [0.2, 0.25) is 0 Å². The number of carbonyl (C=O) groups is 1. The van der Waals surface area contributed by atoms with E-state index in [2.05, 4.69) is 5.32 Å². The summed E-state index contributed by atoms with van der Waals surface area (Å²) in [6, 6.07) is 13.9. The second kappa shape index (κ2) is 6.38. The summed E-state index contributed by atoms with van der Waals surface area (Å²) in [6.07, 6.45) is 0. The van der Waals surface area contributed by atoms with Crippen LogP contribution in [0.25, 0.3) is 0 Å². The minimum Gasteiger partial charge on any atom is -0.325 e. The van der Waals surface area contributed by atoms with Gasteiger partial charge < -0.3 is 5.32 Å². The maximum absolute atomic E-state index is 12.9. The number of rotatable bonds is 4. The van der Waals surface area contributed by atoms with Gasteiger partial charge in [-0.25, -0.2) is 4.39 Å². The lowest BCUT2D eigenvalue weighted by Crippen LogP contribution is -2.13. The maximum atomic E-state index is 12.9. The zero-order valence-electron chi connectivity index (χ0n) is 10.5. The third kappa shape index (κ3) is 4.41. The third-order valence-corrected chi connectivity index (χ3v) is 3.51. The monoisotopic (exact) mass is 275 g/mol. The number of benzene rings is 2. The van der Waals surface area contributed by atoms with E-state index in [4.69, 9.17) is 0 Å². The quantitative estimate of drug-likeness (QED) is 0.858. The second-order valence-corrected chi connectivity index (χ2v) is 5.21. The zero-order valence-corrected chi connectivity index (χ0v) is 11.3. The van der Waals surface area contributed by atoms with Crippen molar-refractivity contribution in [2.75, 3.05) is 11.1 Å². The Bertz CT molecular complexity index is 569. The number of nitrogens with one attached hydrogen (secondary N) is 1. The summed E-state index contributed by atoms with van der Waals surface area (Å²) < 4.78 is 12.9. The molecule has 0 aliphatic heterocycles. The fraction of sp³-hybridized carbons (Fsp3) is 0.133. The van der Waals surface area contributed by atoms with Crippen molar-refractivity contribution in [3.63, 3.8) is 0 Å². The summed E-state index contributed by atoms with van der Waals surface area (Å²) >= 11 is 1.45. The molecule has 2 nitrogen and oxygen atoms in total. The molecule has 0 aliphatic carbocycles. The average molecular weight is 275 g/mol. The molecule has 2 rings (SSSR count). The number of hydrogen-bond donors (Lipinski definition) is 1. The average Bonchev–Trinajstić information content (AvgIpc) is 2.38. The molecule has 19 heavy (non-hydrogen) atoms. The van der Waals surface area contributed by atoms with Crippen molar-refractivity contribution < 1.29 is 9.18 Å². The molecule has 0 heterocycles. The first-order chi connectivity index (χ1) is 9.13. The van der Waals surface area contributed by atoms with Crippen LogP contribution in [0.1, 0.15) is 5.56 Å². The molecule has 0 saturated heterocycles. The Morgan fingerprint density at radius 2 is 1.95 bits per heavy atom. The van der Waals surface area contributed by atoms with E-state index in [1.54, 1.807) is 12.1 Å². The number of aryl methyl sites for hydroxylation is 1. The van der Waals surface area contributed by atoms with E-state index < -0.39 is 0 Å². The van der Waals surface area contributed by atoms with Crippen molar-refractivity contribution >= 4 is 23.4 Å². The molecule has 0 radical (unpaired) electrons. The number of carbonyl (C=O) groups excluding carboxylic acids is 1. The number of amides is 1. The molecule has 2 aromatic rings. The van der Waals surface area contributed by atoms with E-state index >= 15 is 0 Å². The van der Waals surface area contributed by atoms with Crippen molar-refractivity contribution in [1.29, 1.82) is 0 Å². The molecule has 2 aromatic carbocycles. The molecule has 1 amide bonds. The normalized spacial score (nSPS) is 10.2. The van der Waals surface area contributed by atoms with E-state index in [1.165, 1.54) is 29.5 Å². The fourth-order valence-corrected chi connectivity index (χ4v) is 2.25. The van der Waals surface area contributed by atoms with Crippen molar-refractivity contribution in [2.24, 2.45) is 0 Å². The molecule has 98 valence electrons. The van der Waals surface area contributed by atoms with Crippen LogP contribution in [0.15, 0.2) is 53.4 Å². The highest BCUT2D eigenvalue weighted by atomic mass is 32.2. The largest absolute Gasteiger partial charge is 0.325 e. The van der Waals surface area contributed by atoms with Gasteiger partial charge in [-0.05, 0) is 37.3 Å². The first-order valence-corrected chi connectivity index (χ1v) is 6.87. The Kier molecular flexibility index (Phi) is 4.58. The summed E-state index contributed by atoms with van der Waals surface area (Å²) in [6.45, 7) is 2.02. The predicted octanol–water partition coefficient (Wildman–Crippen LogP) is 3.86. The van der Waals surface area contributed by atoms with Crippen LogP contribution in [0, 0.1) is 12.7 Å². The van der Waals surface area contributed by atoms with Gasteiger partial charge in [0.2, 0.25) is 5.91 Å².